The molecular weight excluding hydrogens is 278 g/mol. The van der Waals surface area contributed by atoms with Gasteiger partial charge < -0.3 is 5.32 Å². The molecule has 0 atom stereocenters. The molecule has 0 unspecified atom stereocenters. The lowest BCUT2D eigenvalue weighted by atomic mass is 10.00. The van der Waals surface area contributed by atoms with Crippen LogP contribution in [0.1, 0.15) is 38.3 Å². The van der Waals surface area contributed by atoms with Crippen LogP contribution in [0.3, 0.4) is 0 Å². The molecule has 0 saturated carbocycles. The summed E-state index contributed by atoms with van der Waals surface area (Å²) in [7, 11) is 0. The van der Waals surface area contributed by atoms with Gasteiger partial charge in [-0.2, -0.15) is 0 Å². The summed E-state index contributed by atoms with van der Waals surface area (Å²) in [6, 6.07) is 15.6. The average Bonchev–Trinajstić information content (AvgIpc) is 2.46. The van der Waals surface area contributed by atoms with Gasteiger partial charge in [0.25, 0.3) is 0 Å². The van der Waals surface area contributed by atoms with Crippen molar-refractivity contribution in [2.45, 2.75) is 46.2 Å². The maximum Gasteiger partial charge on any atom is 0.0457 e. The fourth-order valence-electron chi connectivity index (χ4n) is 2.38. The molecule has 0 saturated heterocycles. The minimum atomic E-state index is 0.464. The van der Waals surface area contributed by atoms with E-state index in [-0.39, 0.29) is 0 Å². The molecule has 112 valence electrons. The number of rotatable bonds is 6. The summed E-state index contributed by atoms with van der Waals surface area (Å²) < 4.78 is 0. The van der Waals surface area contributed by atoms with Gasteiger partial charge in [-0.25, -0.2) is 0 Å². The van der Waals surface area contributed by atoms with E-state index in [1.54, 1.807) is 0 Å². The number of halogens is 1. The van der Waals surface area contributed by atoms with Gasteiger partial charge in [-0.1, -0.05) is 75.2 Å². The lowest BCUT2D eigenvalue weighted by Crippen LogP contribution is -2.21. The minimum Gasteiger partial charge on any atom is -0.310 e. The lowest BCUT2D eigenvalue weighted by Gasteiger charge is -2.11. The number of benzene rings is 2. The molecular formula is C19H24ClN. The molecule has 0 bridgehead atoms. The van der Waals surface area contributed by atoms with Gasteiger partial charge in [0.15, 0.2) is 0 Å². The Morgan fingerprint density at radius 1 is 1.05 bits per heavy atom. The Hall–Kier alpha value is -1.31. The van der Waals surface area contributed by atoms with Crippen molar-refractivity contribution >= 4 is 11.6 Å². The van der Waals surface area contributed by atoms with Crippen molar-refractivity contribution in [3.8, 4) is 11.1 Å². The Morgan fingerprint density at radius 2 is 1.81 bits per heavy atom. The van der Waals surface area contributed by atoms with E-state index < -0.39 is 0 Å². The van der Waals surface area contributed by atoms with Crippen LogP contribution in [0.15, 0.2) is 42.5 Å². The van der Waals surface area contributed by atoms with E-state index in [9.17, 15) is 0 Å². The van der Waals surface area contributed by atoms with E-state index in [0.29, 0.717) is 6.04 Å². The summed E-state index contributed by atoms with van der Waals surface area (Å²) in [6.07, 6.45) is 2.29. The maximum atomic E-state index is 6.42. The van der Waals surface area contributed by atoms with Gasteiger partial charge in [-0.15, -0.1) is 0 Å². The van der Waals surface area contributed by atoms with Crippen molar-refractivity contribution in [2.75, 3.05) is 0 Å². The van der Waals surface area contributed by atoms with Crippen molar-refractivity contribution in [3.05, 3.63) is 58.6 Å². The fourth-order valence-corrected chi connectivity index (χ4v) is 2.63. The molecule has 0 amide bonds. The molecule has 0 heterocycles. The molecule has 0 fully saturated rings. The third kappa shape index (κ3) is 4.59. The van der Waals surface area contributed by atoms with E-state index >= 15 is 0 Å². The summed E-state index contributed by atoms with van der Waals surface area (Å²) in [5, 5.41) is 4.24. The van der Waals surface area contributed by atoms with E-state index in [1.165, 1.54) is 23.1 Å². The summed E-state index contributed by atoms with van der Waals surface area (Å²) >= 11 is 6.42. The van der Waals surface area contributed by atoms with E-state index in [2.05, 4.69) is 68.6 Å². The second-order valence-corrected chi connectivity index (χ2v) is 6.20. The van der Waals surface area contributed by atoms with Crippen molar-refractivity contribution < 1.29 is 0 Å². The predicted octanol–water partition coefficient (Wildman–Crippen LogP) is 5.46. The molecule has 1 N–H and O–H groups in total. The highest BCUT2D eigenvalue weighted by Crippen LogP contribution is 2.26. The fraction of sp³-hybridized carbons (Fsp3) is 0.368. The van der Waals surface area contributed by atoms with Crippen LogP contribution in [0, 0.1) is 0 Å². The Kier molecular flexibility index (Phi) is 5.84. The summed E-state index contributed by atoms with van der Waals surface area (Å²) in [5.74, 6) is 0. The van der Waals surface area contributed by atoms with Gasteiger partial charge in [0, 0.05) is 17.6 Å². The third-order valence-corrected chi connectivity index (χ3v) is 3.90. The summed E-state index contributed by atoms with van der Waals surface area (Å²) in [4.78, 5) is 0. The van der Waals surface area contributed by atoms with Gasteiger partial charge in [-0.05, 0) is 34.7 Å². The Morgan fingerprint density at radius 3 is 2.48 bits per heavy atom. The first kappa shape index (κ1) is 16.1. The van der Waals surface area contributed by atoms with Crippen LogP contribution >= 0.6 is 11.6 Å². The van der Waals surface area contributed by atoms with Crippen LogP contribution in [0.2, 0.25) is 5.02 Å². The van der Waals surface area contributed by atoms with Gasteiger partial charge in [0.2, 0.25) is 0 Å². The van der Waals surface area contributed by atoms with Gasteiger partial charge in [-0.3, -0.25) is 0 Å². The molecule has 0 aliphatic heterocycles. The van der Waals surface area contributed by atoms with Gasteiger partial charge >= 0.3 is 0 Å². The van der Waals surface area contributed by atoms with Crippen molar-refractivity contribution in [3.63, 3.8) is 0 Å². The van der Waals surface area contributed by atoms with Crippen LogP contribution in [0.4, 0.5) is 0 Å². The van der Waals surface area contributed by atoms with Crippen molar-refractivity contribution in [1.29, 1.82) is 0 Å². The van der Waals surface area contributed by atoms with Crippen molar-refractivity contribution in [1.82, 2.24) is 5.32 Å². The predicted molar refractivity (Wildman–Crippen MR) is 92.9 cm³/mol. The molecule has 1 nitrogen and oxygen atoms in total. The zero-order valence-electron chi connectivity index (χ0n) is 13.1. The second-order valence-electron chi connectivity index (χ2n) is 5.79. The lowest BCUT2D eigenvalue weighted by molar-refractivity contribution is 0.589. The molecule has 0 aliphatic rings. The average molecular weight is 302 g/mol. The number of hydrogen-bond donors (Lipinski definition) is 1. The van der Waals surface area contributed by atoms with Crippen LogP contribution in [-0.2, 0) is 13.0 Å². The highest BCUT2D eigenvalue weighted by atomic mass is 35.5. The molecule has 21 heavy (non-hydrogen) atoms. The SMILES string of the molecule is CCCc1cccc(-c2ccc(CNC(C)C)c(Cl)c2)c1. The second kappa shape index (κ2) is 7.63. The summed E-state index contributed by atoms with van der Waals surface area (Å²) in [5.41, 5.74) is 4.97. The summed E-state index contributed by atoms with van der Waals surface area (Å²) in [6.45, 7) is 7.30. The molecule has 0 aliphatic carbocycles. The van der Waals surface area contributed by atoms with Crippen LogP contribution in [-0.4, -0.2) is 6.04 Å². The highest BCUT2D eigenvalue weighted by Gasteiger charge is 2.05. The first-order valence-corrected chi connectivity index (χ1v) is 8.09. The number of aryl methyl sites for hydroxylation is 1. The third-order valence-electron chi connectivity index (χ3n) is 3.55. The van der Waals surface area contributed by atoms with E-state index in [1.807, 2.05) is 0 Å². The zero-order chi connectivity index (χ0) is 15.2. The molecule has 2 aromatic carbocycles. The monoisotopic (exact) mass is 301 g/mol. The largest absolute Gasteiger partial charge is 0.310 e. The van der Waals surface area contributed by atoms with Gasteiger partial charge in [0.05, 0.1) is 0 Å². The number of nitrogens with one attached hydrogen (secondary N) is 1. The smallest absolute Gasteiger partial charge is 0.0457 e. The Bertz CT molecular complexity index is 590. The first-order valence-electron chi connectivity index (χ1n) is 7.71. The Labute approximate surface area is 133 Å². The van der Waals surface area contributed by atoms with Crippen LogP contribution < -0.4 is 5.32 Å². The quantitative estimate of drug-likeness (QED) is 0.747. The van der Waals surface area contributed by atoms with Gasteiger partial charge in [0.1, 0.15) is 0 Å². The molecule has 2 rings (SSSR count). The normalized spacial score (nSPS) is 11.1. The van der Waals surface area contributed by atoms with E-state index in [0.717, 1.165) is 23.6 Å². The molecule has 2 aromatic rings. The molecule has 2 heteroatoms. The maximum absolute atomic E-state index is 6.42. The zero-order valence-corrected chi connectivity index (χ0v) is 13.9. The number of hydrogen-bond acceptors (Lipinski definition) is 1. The molecule has 0 spiro atoms. The molecule has 0 radical (unpaired) electrons. The van der Waals surface area contributed by atoms with Crippen molar-refractivity contribution in [2.24, 2.45) is 0 Å². The van der Waals surface area contributed by atoms with Crippen LogP contribution in [0.5, 0.6) is 0 Å². The van der Waals surface area contributed by atoms with E-state index in [4.69, 9.17) is 11.6 Å². The van der Waals surface area contributed by atoms with Crippen LogP contribution in [0.25, 0.3) is 11.1 Å². The molecule has 0 aromatic heterocycles. The Balaban J connectivity index is 2.21. The standard InChI is InChI=1S/C19H24ClN/c1-4-6-15-7-5-8-16(11-15)17-9-10-18(19(20)12-17)13-21-14(2)3/h5,7-12,14,21H,4,6,13H2,1-3H3. The minimum absolute atomic E-state index is 0.464. The first-order chi connectivity index (χ1) is 10.1. The topological polar surface area (TPSA) is 12.0 Å². The highest BCUT2D eigenvalue weighted by molar-refractivity contribution is 6.31.